The van der Waals surface area contributed by atoms with Crippen molar-refractivity contribution in [3.05, 3.63) is 0 Å². The molecule has 0 aromatic carbocycles. The molecule has 0 aromatic rings. The van der Waals surface area contributed by atoms with Gasteiger partial charge in [-0.05, 0) is 0 Å². The van der Waals surface area contributed by atoms with E-state index in [1.54, 1.807) is 0 Å². The quantitative estimate of drug-likeness (QED) is 0.580. The van der Waals surface area contributed by atoms with Crippen molar-refractivity contribution in [3.8, 4) is 0 Å². The fraction of sp³-hybridized carbons (Fsp3) is 0. The van der Waals surface area contributed by atoms with Gasteiger partial charge in [-0.1, -0.05) is 0 Å². The van der Waals surface area contributed by atoms with E-state index >= 15 is 0 Å². The van der Waals surface area contributed by atoms with Gasteiger partial charge in [0.15, 0.2) is 0 Å². The first-order valence-corrected chi connectivity index (χ1v) is 0. The Morgan fingerprint density at radius 2 is 0.500 bits per heavy atom. The van der Waals surface area contributed by atoms with Crippen molar-refractivity contribution in [2.75, 3.05) is 0 Å². The second-order valence-corrected chi connectivity index (χ2v) is 0. The molecular formula is H5Cl4NaPd. The van der Waals surface area contributed by atoms with Gasteiger partial charge < -0.3 is 0 Å². The Hall–Kier alpha value is 2.82. The number of hydrogen-bond donors (Lipinski definition) is 0. The van der Waals surface area contributed by atoms with Crippen molar-refractivity contribution >= 4 is 79.2 Å². The van der Waals surface area contributed by atoms with Gasteiger partial charge in [-0.25, -0.2) is 0 Å². The van der Waals surface area contributed by atoms with Crippen LogP contribution in [0.15, 0.2) is 0 Å². The molecule has 0 amide bonds. The molecule has 0 bridgehead atoms. The van der Waals surface area contributed by atoms with Gasteiger partial charge in [-0.2, -0.15) is 0 Å². The zero-order chi connectivity index (χ0) is 0. The molecular weight excluding hydrogens is 271 g/mol. The maximum Gasteiger partial charge on any atom is 0 e. The first-order valence-electron chi connectivity index (χ1n) is 0. The molecule has 0 atom stereocenters. The Labute approximate surface area is 98.2 Å². The zero-order valence-electron chi connectivity index (χ0n) is 1.95. The SMILES string of the molecule is Cl.Cl.Cl.Cl.[NaH].[Pd]. The molecule has 0 nitrogen and oxygen atoms in total. The van der Waals surface area contributed by atoms with Gasteiger partial charge in [0.1, 0.15) is 0 Å². The molecule has 0 saturated heterocycles. The van der Waals surface area contributed by atoms with E-state index < -0.39 is 0 Å². The molecule has 6 heavy (non-hydrogen) atoms. The van der Waals surface area contributed by atoms with Gasteiger partial charge >= 0.3 is 29.6 Å². The van der Waals surface area contributed by atoms with Crippen LogP contribution in [0.1, 0.15) is 0 Å². The number of halogens is 4. The van der Waals surface area contributed by atoms with Crippen molar-refractivity contribution in [3.63, 3.8) is 0 Å². The summed E-state index contributed by atoms with van der Waals surface area (Å²) >= 11 is 0. The maximum atomic E-state index is 0. The molecule has 0 N–H and O–H groups in total. The third-order valence-corrected chi connectivity index (χ3v) is 0. The number of rotatable bonds is 0. The molecule has 0 unspecified atom stereocenters. The van der Waals surface area contributed by atoms with Gasteiger partial charge in [0.2, 0.25) is 0 Å². The predicted molar refractivity (Wildman–Crippen MR) is 36.1 cm³/mol. The van der Waals surface area contributed by atoms with Gasteiger partial charge in [0.25, 0.3) is 0 Å². The van der Waals surface area contributed by atoms with Crippen LogP contribution in [-0.4, -0.2) is 29.6 Å². The third kappa shape index (κ3) is 29.0. The van der Waals surface area contributed by atoms with Crippen LogP contribution in [0.2, 0.25) is 0 Å². The van der Waals surface area contributed by atoms with E-state index in [0.29, 0.717) is 0 Å². The minimum absolute atomic E-state index is 0. The van der Waals surface area contributed by atoms with Gasteiger partial charge in [-0.3, -0.25) is 0 Å². The molecule has 0 heterocycles. The fourth-order valence-corrected chi connectivity index (χ4v) is 0. The van der Waals surface area contributed by atoms with Crippen LogP contribution in [0.4, 0.5) is 0 Å². The van der Waals surface area contributed by atoms with Crippen LogP contribution in [0.25, 0.3) is 0 Å². The van der Waals surface area contributed by atoms with E-state index in [-0.39, 0.29) is 99.6 Å². The molecule has 0 aliphatic carbocycles. The topological polar surface area (TPSA) is 0 Å². The summed E-state index contributed by atoms with van der Waals surface area (Å²) in [5.41, 5.74) is 0. The van der Waals surface area contributed by atoms with Crippen LogP contribution in [0.3, 0.4) is 0 Å². The predicted octanol–water partition coefficient (Wildman–Crippen LogP) is 1.04. The third-order valence-electron chi connectivity index (χ3n) is 0. The minimum Gasteiger partial charge on any atom is 0 e. The van der Waals surface area contributed by atoms with E-state index in [9.17, 15) is 0 Å². The molecule has 44 valence electrons. The van der Waals surface area contributed by atoms with E-state index in [4.69, 9.17) is 0 Å². The molecule has 0 aliphatic rings. The molecule has 0 fully saturated rings. The van der Waals surface area contributed by atoms with E-state index in [1.165, 1.54) is 0 Å². The standard InChI is InChI=1S/4ClH.Na.Pd.H/h4*1H;;;. The molecule has 0 aromatic heterocycles. The Morgan fingerprint density at radius 1 is 0.500 bits per heavy atom. The summed E-state index contributed by atoms with van der Waals surface area (Å²) in [5.74, 6) is 0. The Bertz CT molecular complexity index is 7.51. The van der Waals surface area contributed by atoms with E-state index in [2.05, 4.69) is 0 Å². The molecule has 0 spiro atoms. The van der Waals surface area contributed by atoms with Gasteiger partial charge in [0, 0.05) is 20.4 Å². The Kier molecular flexibility index (Phi) is 516. The van der Waals surface area contributed by atoms with Gasteiger partial charge in [0.05, 0.1) is 0 Å². The van der Waals surface area contributed by atoms with Crippen LogP contribution >= 0.6 is 49.6 Å². The van der Waals surface area contributed by atoms with Crippen molar-refractivity contribution < 1.29 is 20.4 Å². The molecule has 0 rings (SSSR count). The number of hydrogen-bond acceptors (Lipinski definition) is 0. The van der Waals surface area contributed by atoms with Gasteiger partial charge in [-0.15, -0.1) is 49.6 Å². The van der Waals surface area contributed by atoms with E-state index in [1.807, 2.05) is 0 Å². The first kappa shape index (κ1) is 67.8. The second-order valence-electron chi connectivity index (χ2n) is 0. The van der Waals surface area contributed by atoms with Crippen molar-refractivity contribution in [2.45, 2.75) is 0 Å². The van der Waals surface area contributed by atoms with Crippen LogP contribution in [0.5, 0.6) is 0 Å². The van der Waals surface area contributed by atoms with Crippen LogP contribution in [-0.2, 0) is 20.4 Å². The minimum atomic E-state index is 0. The van der Waals surface area contributed by atoms with Crippen molar-refractivity contribution in [2.24, 2.45) is 0 Å². The Morgan fingerprint density at radius 3 is 0.500 bits per heavy atom. The molecule has 0 aliphatic heterocycles. The normalized spacial score (nSPS) is 0. The summed E-state index contributed by atoms with van der Waals surface area (Å²) in [4.78, 5) is 0. The molecule has 6 heteroatoms. The summed E-state index contributed by atoms with van der Waals surface area (Å²) in [7, 11) is 0. The smallest absolute Gasteiger partial charge is 0 e. The Balaban J connectivity index is 0. The average Bonchev–Trinajstić information content (AvgIpc) is 0. The van der Waals surface area contributed by atoms with Crippen LogP contribution in [0, 0.1) is 0 Å². The average molecular weight is 276 g/mol. The summed E-state index contributed by atoms with van der Waals surface area (Å²) in [6.07, 6.45) is 0. The largest absolute Gasteiger partial charge is 0 e. The fourth-order valence-electron chi connectivity index (χ4n) is 0. The summed E-state index contributed by atoms with van der Waals surface area (Å²) in [6.45, 7) is 0. The summed E-state index contributed by atoms with van der Waals surface area (Å²) in [5, 5.41) is 0. The van der Waals surface area contributed by atoms with Crippen molar-refractivity contribution in [1.29, 1.82) is 0 Å². The van der Waals surface area contributed by atoms with Crippen LogP contribution < -0.4 is 0 Å². The molecule has 0 saturated carbocycles. The van der Waals surface area contributed by atoms with Crippen molar-refractivity contribution in [1.82, 2.24) is 0 Å². The summed E-state index contributed by atoms with van der Waals surface area (Å²) in [6, 6.07) is 0. The second kappa shape index (κ2) is 45.7. The monoisotopic (exact) mass is 274 g/mol. The van der Waals surface area contributed by atoms with E-state index in [0.717, 1.165) is 0 Å². The molecule has 0 radical (unpaired) electrons. The summed E-state index contributed by atoms with van der Waals surface area (Å²) < 4.78 is 0. The first-order chi connectivity index (χ1) is 0. The maximum absolute atomic E-state index is 0. The zero-order valence-corrected chi connectivity index (χ0v) is 6.77.